The number of esters is 1. The Hall–Kier alpha value is -3.73. The Morgan fingerprint density at radius 1 is 0.949 bits per heavy atom. The topological polar surface area (TPSA) is 86.1 Å². The lowest BCUT2D eigenvalue weighted by Gasteiger charge is -2.08. The molecule has 0 radical (unpaired) electrons. The van der Waals surface area contributed by atoms with Gasteiger partial charge in [-0.15, -0.1) is 32.9 Å². The van der Waals surface area contributed by atoms with E-state index in [1.54, 1.807) is 11.3 Å². The van der Waals surface area contributed by atoms with Gasteiger partial charge in [-0.05, 0) is 25.0 Å². The van der Waals surface area contributed by atoms with Crippen LogP contribution in [0.25, 0.3) is 33.6 Å². The van der Waals surface area contributed by atoms with Gasteiger partial charge in [-0.2, -0.15) is 0 Å². The lowest BCUT2D eigenvalue weighted by Crippen LogP contribution is -2.16. The predicted molar refractivity (Wildman–Crippen MR) is 160 cm³/mol. The zero-order valence-electron chi connectivity index (χ0n) is 21.8. The van der Waals surface area contributed by atoms with E-state index in [1.165, 1.54) is 35.1 Å². The summed E-state index contributed by atoms with van der Waals surface area (Å²) in [5.74, 6) is 0.116. The van der Waals surface area contributed by atoms with Gasteiger partial charge in [0, 0.05) is 39.4 Å². The molecule has 0 aliphatic heterocycles. The van der Waals surface area contributed by atoms with E-state index >= 15 is 0 Å². The van der Waals surface area contributed by atoms with Crippen molar-refractivity contribution in [2.45, 2.75) is 19.0 Å². The number of aromatic nitrogens is 3. The van der Waals surface area contributed by atoms with Crippen molar-refractivity contribution in [3.8, 4) is 33.6 Å². The Balaban J connectivity index is 1.32. The van der Waals surface area contributed by atoms with Crippen molar-refractivity contribution in [3.63, 3.8) is 0 Å². The van der Waals surface area contributed by atoms with E-state index in [1.807, 2.05) is 66.4 Å². The number of rotatable bonds is 8. The average Bonchev–Trinajstić information content (AvgIpc) is 3.64. The van der Waals surface area contributed by atoms with Crippen molar-refractivity contribution in [1.29, 1.82) is 0 Å². The van der Waals surface area contributed by atoms with Crippen LogP contribution in [0.3, 0.4) is 0 Å². The lowest BCUT2D eigenvalue weighted by atomic mass is 10.0. The summed E-state index contributed by atoms with van der Waals surface area (Å²) in [5, 5.41) is 16.7. The number of benzene rings is 2. The molecule has 7 nitrogen and oxygen atoms in total. The lowest BCUT2D eigenvalue weighted by molar-refractivity contribution is -0.113. The van der Waals surface area contributed by atoms with Gasteiger partial charge >= 0.3 is 5.97 Å². The number of ether oxygens (including phenoxy) is 1. The van der Waals surface area contributed by atoms with Crippen molar-refractivity contribution in [3.05, 3.63) is 81.4 Å². The molecule has 0 bridgehead atoms. The van der Waals surface area contributed by atoms with Crippen LogP contribution in [0.15, 0.2) is 70.5 Å². The number of thiophene rings is 2. The number of aryl methyl sites for hydroxylation is 2. The first kappa shape index (κ1) is 26.9. The third kappa shape index (κ3) is 5.54. The molecule has 5 aromatic rings. The summed E-state index contributed by atoms with van der Waals surface area (Å²) in [7, 11) is 3.24. The molecule has 0 fully saturated rings. The fourth-order valence-corrected chi connectivity index (χ4v) is 6.80. The van der Waals surface area contributed by atoms with E-state index in [9.17, 15) is 9.59 Å². The first-order chi connectivity index (χ1) is 18.9. The number of carbonyl (C=O) groups excluding carboxylic acids is 2. The maximum absolute atomic E-state index is 12.9. The van der Waals surface area contributed by atoms with Crippen LogP contribution in [-0.4, -0.2) is 39.5 Å². The number of anilines is 1. The van der Waals surface area contributed by atoms with E-state index in [-0.39, 0.29) is 11.7 Å². The number of methoxy groups -OCH3 is 1. The van der Waals surface area contributed by atoms with Crippen LogP contribution < -0.4 is 5.32 Å². The number of carbonyl (C=O) groups is 2. The third-order valence-electron chi connectivity index (χ3n) is 6.24. The van der Waals surface area contributed by atoms with E-state index < -0.39 is 5.97 Å². The normalized spacial score (nSPS) is 11.0. The van der Waals surface area contributed by atoms with Gasteiger partial charge in [0.1, 0.15) is 10.6 Å². The van der Waals surface area contributed by atoms with Gasteiger partial charge in [-0.1, -0.05) is 71.9 Å². The van der Waals surface area contributed by atoms with Gasteiger partial charge in [0.2, 0.25) is 5.91 Å². The summed E-state index contributed by atoms with van der Waals surface area (Å²) in [6, 6.07) is 18.1. The molecule has 0 saturated heterocycles. The van der Waals surface area contributed by atoms with Crippen molar-refractivity contribution in [2.75, 3.05) is 18.2 Å². The summed E-state index contributed by atoms with van der Waals surface area (Å²) >= 11 is 4.27. The SMILES string of the molecule is COC(=O)c1c(-c2ccc(C)cc2)csc1NC(=O)CSc1nnc(-c2csc(C)c2-c2ccccc2)n1C. The molecule has 3 aromatic heterocycles. The molecular weight excluding hydrogens is 549 g/mol. The van der Waals surface area contributed by atoms with Gasteiger partial charge in [0.25, 0.3) is 0 Å². The second-order valence-corrected chi connectivity index (χ2v) is 11.8. The van der Waals surface area contributed by atoms with E-state index in [2.05, 4.69) is 40.0 Å². The number of hydrogen-bond donors (Lipinski definition) is 1. The molecule has 0 spiro atoms. The summed E-state index contributed by atoms with van der Waals surface area (Å²) in [5.41, 5.74) is 6.38. The van der Waals surface area contributed by atoms with Gasteiger partial charge in [-0.25, -0.2) is 4.79 Å². The maximum atomic E-state index is 12.9. The van der Waals surface area contributed by atoms with Gasteiger partial charge < -0.3 is 14.6 Å². The fraction of sp³-hybridized carbons (Fsp3) is 0.172. The van der Waals surface area contributed by atoms with Crippen molar-refractivity contribution in [1.82, 2.24) is 14.8 Å². The quantitative estimate of drug-likeness (QED) is 0.158. The molecule has 0 unspecified atom stereocenters. The van der Waals surface area contributed by atoms with Gasteiger partial charge in [0.05, 0.1) is 12.9 Å². The van der Waals surface area contributed by atoms with Crippen molar-refractivity contribution < 1.29 is 14.3 Å². The Kier molecular flexibility index (Phi) is 7.97. The first-order valence-corrected chi connectivity index (χ1v) is 14.8. The van der Waals surface area contributed by atoms with Gasteiger partial charge in [0.15, 0.2) is 11.0 Å². The molecule has 39 heavy (non-hydrogen) atoms. The van der Waals surface area contributed by atoms with Crippen LogP contribution in [0.4, 0.5) is 5.00 Å². The van der Waals surface area contributed by atoms with Crippen LogP contribution in [0.5, 0.6) is 0 Å². The minimum atomic E-state index is -0.493. The molecule has 0 atom stereocenters. The maximum Gasteiger partial charge on any atom is 0.341 e. The van der Waals surface area contributed by atoms with Crippen molar-refractivity contribution in [2.24, 2.45) is 7.05 Å². The molecule has 2 aromatic carbocycles. The molecule has 0 aliphatic carbocycles. The Morgan fingerprint density at radius 3 is 2.38 bits per heavy atom. The number of nitrogens with zero attached hydrogens (tertiary/aromatic N) is 3. The molecule has 1 N–H and O–H groups in total. The summed E-state index contributed by atoms with van der Waals surface area (Å²) < 4.78 is 6.94. The van der Waals surface area contributed by atoms with Crippen LogP contribution in [-0.2, 0) is 16.6 Å². The molecule has 198 valence electrons. The molecule has 3 heterocycles. The van der Waals surface area contributed by atoms with Gasteiger partial charge in [-0.3, -0.25) is 4.79 Å². The second-order valence-electron chi connectivity index (χ2n) is 8.86. The highest BCUT2D eigenvalue weighted by atomic mass is 32.2. The smallest absolute Gasteiger partial charge is 0.341 e. The number of nitrogens with one attached hydrogen (secondary N) is 1. The Morgan fingerprint density at radius 2 is 1.67 bits per heavy atom. The van der Waals surface area contributed by atoms with Crippen LogP contribution in [0.1, 0.15) is 20.8 Å². The Labute approximate surface area is 238 Å². The fourth-order valence-electron chi connectivity index (χ4n) is 4.25. The summed E-state index contributed by atoms with van der Waals surface area (Å²) in [6.07, 6.45) is 0. The third-order valence-corrected chi connectivity index (χ3v) is 9.07. The molecule has 0 saturated carbocycles. The molecule has 5 rings (SSSR count). The highest BCUT2D eigenvalue weighted by Crippen LogP contribution is 2.39. The summed E-state index contributed by atoms with van der Waals surface area (Å²) in [6.45, 7) is 4.11. The standard InChI is InChI=1S/C29H26N4O3S3/c1-17-10-12-19(13-11-17)21-14-38-27(25(21)28(35)36-4)30-23(34)16-39-29-32-31-26(33(29)3)22-15-37-18(2)24(22)20-8-6-5-7-9-20/h5-15H,16H2,1-4H3,(H,30,34). The van der Waals surface area contributed by atoms with Crippen LogP contribution in [0.2, 0.25) is 0 Å². The molecular formula is C29H26N4O3S3. The van der Waals surface area contributed by atoms with Crippen LogP contribution in [0, 0.1) is 13.8 Å². The molecule has 10 heteroatoms. The number of hydrogen-bond acceptors (Lipinski definition) is 8. The first-order valence-electron chi connectivity index (χ1n) is 12.1. The summed E-state index contributed by atoms with van der Waals surface area (Å²) in [4.78, 5) is 26.8. The minimum absolute atomic E-state index is 0.110. The number of thioether (sulfide) groups is 1. The second kappa shape index (κ2) is 11.6. The molecule has 0 aliphatic rings. The highest BCUT2D eigenvalue weighted by Gasteiger charge is 2.23. The monoisotopic (exact) mass is 574 g/mol. The highest BCUT2D eigenvalue weighted by molar-refractivity contribution is 7.99. The average molecular weight is 575 g/mol. The van der Waals surface area contributed by atoms with Crippen LogP contribution >= 0.6 is 34.4 Å². The zero-order chi connectivity index (χ0) is 27.5. The largest absolute Gasteiger partial charge is 0.465 e. The molecule has 1 amide bonds. The van der Waals surface area contributed by atoms with E-state index in [0.717, 1.165) is 39.2 Å². The zero-order valence-corrected chi connectivity index (χ0v) is 24.3. The predicted octanol–water partition coefficient (Wildman–Crippen LogP) is 7.07. The number of amides is 1. The van der Waals surface area contributed by atoms with E-state index in [0.29, 0.717) is 15.7 Å². The van der Waals surface area contributed by atoms with Crippen molar-refractivity contribution >= 4 is 51.3 Å². The minimum Gasteiger partial charge on any atom is -0.465 e. The van der Waals surface area contributed by atoms with E-state index in [4.69, 9.17) is 4.74 Å². The Bertz CT molecular complexity index is 1640.